The van der Waals surface area contributed by atoms with Crippen LogP contribution in [0.4, 0.5) is 0 Å². The third-order valence-electron chi connectivity index (χ3n) is 1.68. The van der Waals surface area contributed by atoms with E-state index in [-0.39, 0.29) is 11.0 Å². The van der Waals surface area contributed by atoms with E-state index in [1.54, 1.807) is 6.92 Å². The maximum Gasteiger partial charge on any atom is 0.256 e. The van der Waals surface area contributed by atoms with Crippen molar-refractivity contribution in [1.82, 2.24) is 10.3 Å². The van der Waals surface area contributed by atoms with Gasteiger partial charge < -0.3 is 10.3 Å². The number of halogens is 1. The topological polar surface area (TPSA) is 62.0 Å². The number of H-pyrrole nitrogens is 1. The fraction of sp³-hybridized carbons (Fsp3) is 0.333. The molecule has 1 heterocycles. The van der Waals surface area contributed by atoms with Crippen molar-refractivity contribution in [3.8, 4) is 0 Å². The molecular weight excluding hydrogens is 204 g/mol. The first-order valence-corrected chi connectivity index (χ1v) is 4.72. The lowest BCUT2D eigenvalue weighted by molar-refractivity contribution is 0.0954. The lowest BCUT2D eigenvalue weighted by atomic mass is 10.2. The highest BCUT2D eigenvalue weighted by Gasteiger charge is 2.08. The molecule has 5 heteroatoms. The number of pyridine rings is 1. The zero-order valence-electron chi connectivity index (χ0n) is 7.76. The number of rotatable bonds is 3. The molecule has 1 aromatic heterocycles. The van der Waals surface area contributed by atoms with Crippen LogP contribution in [0.25, 0.3) is 0 Å². The Morgan fingerprint density at radius 3 is 2.93 bits per heavy atom. The first kappa shape index (κ1) is 10.8. The molecule has 14 heavy (non-hydrogen) atoms. The summed E-state index contributed by atoms with van der Waals surface area (Å²) >= 11 is 5.40. The van der Waals surface area contributed by atoms with Crippen LogP contribution in [-0.2, 0) is 0 Å². The number of aryl methyl sites for hydroxylation is 1. The molecule has 1 aromatic rings. The van der Waals surface area contributed by atoms with E-state index >= 15 is 0 Å². The fourth-order valence-electron chi connectivity index (χ4n) is 1.01. The standard InChI is InChI=1S/C9H11ClN2O2/c1-6-4-8(13)7(5-12-6)9(14)11-3-2-10/h4-5H,2-3H2,1H3,(H,11,14)(H,12,13). The van der Waals surface area contributed by atoms with Crippen LogP contribution >= 0.6 is 11.6 Å². The predicted octanol–water partition coefficient (Wildman–Crippen LogP) is 0.652. The maximum absolute atomic E-state index is 11.3. The average Bonchev–Trinajstić information content (AvgIpc) is 2.14. The molecule has 1 rings (SSSR count). The molecule has 0 atom stereocenters. The van der Waals surface area contributed by atoms with Gasteiger partial charge in [-0.1, -0.05) is 0 Å². The second-order valence-electron chi connectivity index (χ2n) is 2.84. The third-order valence-corrected chi connectivity index (χ3v) is 1.87. The van der Waals surface area contributed by atoms with Crippen molar-refractivity contribution >= 4 is 17.5 Å². The van der Waals surface area contributed by atoms with Crippen molar-refractivity contribution in [3.05, 3.63) is 33.7 Å². The Morgan fingerprint density at radius 1 is 1.64 bits per heavy atom. The number of aromatic nitrogens is 1. The van der Waals surface area contributed by atoms with Gasteiger partial charge in [0.1, 0.15) is 5.56 Å². The van der Waals surface area contributed by atoms with Crippen molar-refractivity contribution in [1.29, 1.82) is 0 Å². The molecule has 1 amide bonds. The van der Waals surface area contributed by atoms with Crippen molar-refractivity contribution < 1.29 is 4.79 Å². The smallest absolute Gasteiger partial charge is 0.256 e. The molecule has 2 N–H and O–H groups in total. The quantitative estimate of drug-likeness (QED) is 0.726. The minimum atomic E-state index is -0.396. The zero-order valence-corrected chi connectivity index (χ0v) is 8.52. The highest BCUT2D eigenvalue weighted by atomic mass is 35.5. The number of carbonyl (C=O) groups is 1. The predicted molar refractivity (Wildman–Crippen MR) is 54.9 cm³/mol. The van der Waals surface area contributed by atoms with Gasteiger partial charge in [0, 0.05) is 30.4 Å². The monoisotopic (exact) mass is 214 g/mol. The summed E-state index contributed by atoms with van der Waals surface area (Å²) in [6.45, 7) is 2.11. The number of aromatic amines is 1. The van der Waals surface area contributed by atoms with Crippen LogP contribution in [-0.4, -0.2) is 23.3 Å². The number of hydrogen-bond acceptors (Lipinski definition) is 2. The number of alkyl halides is 1. The second-order valence-corrected chi connectivity index (χ2v) is 3.22. The van der Waals surface area contributed by atoms with E-state index < -0.39 is 5.91 Å². The van der Waals surface area contributed by atoms with E-state index in [0.717, 1.165) is 5.69 Å². The number of nitrogens with one attached hydrogen (secondary N) is 2. The third kappa shape index (κ3) is 2.60. The highest BCUT2D eigenvalue weighted by Crippen LogP contribution is 1.91. The van der Waals surface area contributed by atoms with Gasteiger partial charge in [0.15, 0.2) is 5.43 Å². The Labute approximate surface area is 86.3 Å². The average molecular weight is 215 g/mol. The van der Waals surface area contributed by atoms with E-state index in [4.69, 9.17) is 11.6 Å². The maximum atomic E-state index is 11.3. The SMILES string of the molecule is Cc1cc(=O)c(C(=O)NCCCl)c[nH]1. The van der Waals surface area contributed by atoms with Gasteiger partial charge in [-0.15, -0.1) is 11.6 Å². The number of amides is 1. The molecule has 0 radical (unpaired) electrons. The van der Waals surface area contributed by atoms with E-state index in [0.29, 0.717) is 12.4 Å². The van der Waals surface area contributed by atoms with Gasteiger partial charge in [0.25, 0.3) is 5.91 Å². The summed E-state index contributed by atoms with van der Waals surface area (Å²) in [6, 6.07) is 1.38. The van der Waals surface area contributed by atoms with E-state index in [1.807, 2.05) is 0 Å². The Kier molecular flexibility index (Phi) is 3.71. The molecule has 0 saturated carbocycles. The van der Waals surface area contributed by atoms with E-state index in [2.05, 4.69) is 10.3 Å². The van der Waals surface area contributed by atoms with Gasteiger partial charge in [-0.05, 0) is 6.92 Å². The van der Waals surface area contributed by atoms with Crippen LogP contribution in [0.15, 0.2) is 17.1 Å². The first-order chi connectivity index (χ1) is 6.65. The summed E-state index contributed by atoms with van der Waals surface area (Å²) in [5.41, 5.74) is 0.554. The van der Waals surface area contributed by atoms with E-state index in [1.165, 1.54) is 12.3 Å². The van der Waals surface area contributed by atoms with Crippen molar-refractivity contribution in [2.24, 2.45) is 0 Å². The van der Waals surface area contributed by atoms with Crippen molar-refractivity contribution in [3.63, 3.8) is 0 Å². The summed E-state index contributed by atoms with van der Waals surface area (Å²) in [7, 11) is 0. The number of carbonyl (C=O) groups excluding carboxylic acids is 1. The van der Waals surface area contributed by atoms with Crippen LogP contribution in [0.3, 0.4) is 0 Å². The lowest BCUT2D eigenvalue weighted by Gasteiger charge is -2.02. The first-order valence-electron chi connectivity index (χ1n) is 4.18. The number of hydrogen-bond donors (Lipinski definition) is 2. The largest absolute Gasteiger partial charge is 0.364 e. The molecule has 0 fully saturated rings. The van der Waals surface area contributed by atoms with Crippen LogP contribution in [0.5, 0.6) is 0 Å². The molecule has 76 valence electrons. The minimum absolute atomic E-state index is 0.112. The van der Waals surface area contributed by atoms with E-state index in [9.17, 15) is 9.59 Å². The van der Waals surface area contributed by atoms with Crippen LogP contribution in [0, 0.1) is 6.92 Å². The molecule has 0 unspecified atom stereocenters. The van der Waals surface area contributed by atoms with Crippen molar-refractivity contribution in [2.75, 3.05) is 12.4 Å². The molecule has 4 nitrogen and oxygen atoms in total. The molecule has 0 bridgehead atoms. The van der Waals surface area contributed by atoms with Crippen LogP contribution in [0.1, 0.15) is 16.1 Å². The molecular formula is C9H11ClN2O2. The molecule has 0 saturated heterocycles. The Hall–Kier alpha value is -1.29. The van der Waals surface area contributed by atoms with Crippen LogP contribution < -0.4 is 10.7 Å². The summed E-state index contributed by atoms with van der Waals surface area (Å²) < 4.78 is 0. The highest BCUT2D eigenvalue weighted by molar-refractivity contribution is 6.18. The summed E-state index contributed by atoms with van der Waals surface area (Å²) in [5, 5.41) is 2.52. The summed E-state index contributed by atoms with van der Waals surface area (Å²) in [4.78, 5) is 25.5. The van der Waals surface area contributed by atoms with Gasteiger partial charge in [-0.2, -0.15) is 0 Å². The summed E-state index contributed by atoms with van der Waals surface area (Å²) in [5.74, 6) is -0.0675. The second kappa shape index (κ2) is 4.81. The van der Waals surface area contributed by atoms with Crippen LogP contribution in [0.2, 0.25) is 0 Å². The molecule has 0 spiro atoms. The molecule has 0 aliphatic carbocycles. The Morgan fingerprint density at radius 2 is 2.36 bits per heavy atom. The minimum Gasteiger partial charge on any atom is -0.364 e. The van der Waals surface area contributed by atoms with Gasteiger partial charge in [0.05, 0.1) is 0 Å². The molecule has 0 aromatic carbocycles. The fourth-order valence-corrected chi connectivity index (χ4v) is 1.10. The van der Waals surface area contributed by atoms with Gasteiger partial charge in [0.2, 0.25) is 0 Å². The van der Waals surface area contributed by atoms with Gasteiger partial charge in [-0.3, -0.25) is 9.59 Å². The van der Waals surface area contributed by atoms with Gasteiger partial charge >= 0.3 is 0 Å². The normalized spacial score (nSPS) is 9.86. The summed E-state index contributed by atoms with van der Waals surface area (Å²) in [6.07, 6.45) is 1.40. The zero-order chi connectivity index (χ0) is 10.6. The Bertz CT molecular complexity index is 387. The van der Waals surface area contributed by atoms with Crippen molar-refractivity contribution in [2.45, 2.75) is 6.92 Å². The molecule has 0 aliphatic rings. The Balaban J connectivity index is 2.85. The lowest BCUT2D eigenvalue weighted by Crippen LogP contribution is -2.30. The molecule has 0 aliphatic heterocycles. The van der Waals surface area contributed by atoms with Gasteiger partial charge in [-0.25, -0.2) is 0 Å².